The molecule has 1 fully saturated rings. The van der Waals surface area contributed by atoms with E-state index >= 15 is 0 Å². The van der Waals surface area contributed by atoms with Crippen LogP contribution in [0, 0.1) is 0 Å². The fourth-order valence-corrected chi connectivity index (χ4v) is 2.18. The second-order valence-corrected chi connectivity index (χ2v) is 4.40. The molecule has 3 nitrogen and oxygen atoms in total. The molecule has 0 aromatic carbocycles. The Morgan fingerprint density at radius 3 is 2.81 bits per heavy atom. The Kier molecular flexibility index (Phi) is 3.32. The quantitative estimate of drug-likeness (QED) is 0.827. The lowest BCUT2D eigenvalue weighted by Crippen LogP contribution is -2.44. The summed E-state index contributed by atoms with van der Waals surface area (Å²) in [4.78, 5) is 4.38. The van der Waals surface area contributed by atoms with Crippen molar-refractivity contribution in [2.24, 2.45) is 0 Å². The zero-order valence-electron chi connectivity index (χ0n) is 10.1. The lowest BCUT2D eigenvalue weighted by atomic mass is 9.75. The third-order valence-corrected chi connectivity index (χ3v) is 3.44. The van der Waals surface area contributed by atoms with Crippen molar-refractivity contribution >= 4 is 5.82 Å². The highest BCUT2D eigenvalue weighted by atomic mass is 16.5. The van der Waals surface area contributed by atoms with Crippen LogP contribution in [0.15, 0.2) is 18.3 Å². The number of pyridine rings is 1. The van der Waals surface area contributed by atoms with Crippen molar-refractivity contribution in [2.75, 3.05) is 11.9 Å². The first kappa shape index (κ1) is 11.2. The van der Waals surface area contributed by atoms with Crippen molar-refractivity contribution in [1.82, 2.24) is 4.98 Å². The van der Waals surface area contributed by atoms with Gasteiger partial charge in [-0.25, -0.2) is 4.98 Å². The van der Waals surface area contributed by atoms with E-state index in [0.29, 0.717) is 6.61 Å². The first-order valence-corrected chi connectivity index (χ1v) is 6.15. The fraction of sp³-hybridized carbons (Fsp3) is 0.615. The van der Waals surface area contributed by atoms with Crippen molar-refractivity contribution in [3.05, 3.63) is 18.3 Å². The predicted octanol–water partition coefficient (Wildman–Crippen LogP) is 3.22. The Hall–Kier alpha value is -1.25. The van der Waals surface area contributed by atoms with Crippen LogP contribution in [0.25, 0.3) is 0 Å². The Balaban J connectivity index is 2.13. The largest absolute Gasteiger partial charge is 0.490 e. The Bertz CT molecular complexity index is 342. The molecular weight excluding hydrogens is 200 g/mol. The second-order valence-electron chi connectivity index (χ2n) is 4.40. The maximum atomic E-state index is 5.57. The van der Waals surface area contributed by atoms with Gasteiger partial charge < -0.3 is 10.1 Å². The molecule has 2 rings (SSSR count). The predicted molar refractivity (Wildman–Crippen MR) is 65.9 cm³/mol. The first-order chi connectivity index (χ1) is 7.79. The standard InChI is InChI=1S/C13H20N2O/c1-3-13(8-6-9-13)15-12-11(16-4-2)7-5-10-14-12/h5,7,10H,3-4,6,8-9H2,1-2H3,(H,14,15). The summed E-state index contributed by atoms with van der Waals surface area (Å²) in [5.74, 6) is 1.76. The van der Waals surface area contributed by atoms with E-state index in [1.54, 1.807) is 0 Å². The molecule has 16 heavy (non-hydrogen) atoms. The molecule has 1 heterocycles. The molecule has 1 aliphatic carbocycles. The third kappa shape index (κ3) is 2.13. The van der Waals surface area contributed by atoms with E-state index in [4.69, 9.17) is 4.74 Å². The van der Waals surface area contributed by atoms with E-state index in [1.807, 2.05) is 25.3 Å². The van der Waals surface area contributed by atoms with Crippen LogP contribution < -0.4 is 10.1 Å². The van der Waals surface area contributed by atoms with Crippen LogP contribution in [0.2, 0.25) is 0 Å². The van der Waals surface area contributed by atoms with Crippen molar-refractivity contribution in [2.45, 2.75) is 45.1 Å². The van der Waals surface area contributed by atoms with Gasteiger partial charge in [-0.1, -0.05) is 6.92 Å². The van der Waals surface area contributed by atoms with Gasteiger partial charge in [0.25, 0.3) is 0 Å². The summed E-state index contributed by atoms with van der Waals surface area (Å²) in [6.45, 7) is 4.91. The van der Waals surface area contributed by atoms with Gasteiger partial charge in [-0.15, -0.1) is 0 Å². The zero-order valence-corrected chi connectivity index (χ0v) is 10.1. The zero-order chi connectivity index (χ0) is 11.4. The van der Waals surface area contributed by atoms with Crippen LogP contribution >= 0.6 is 0 Å². The number of aromatic nitrogens is 1. The molecule has 0 amide bonds. The normalized spacial score (nSPS) is 17.6. The maximum Gasteiger partial charge on any atom is 0.169 e. The van der Waals surface area contributed by atoms with Crippen molar-refractivity contribution < 1.29 is 4.74 Å². The van der Waals surface area contributed by atoms with Crippen LogP contribution in [0.3, 0.4) is 0 Å². The minimum atomic E-state index is 0.264. The summed E-state index contributed by atoms with van der Waals surface area (Å²) in [5.41, 5.74) is 0.264. The highest BCUT2D eigenvalue weighted by molar-refractivity contribution is 5.51. The summed E-state index contributed by atoms with van der Waals surface area (Å²) in [5, 5.41) is 3.56. The van der Waals surface area contributed by atoms with E-state index in [2.05, 4.69) is 17.2 Å². The van der Waals surface area contributed by atoms with Crippen LogP contribution in [0.4, 0.5) is 5.82 Å². The van der Waals surface area contributed by atoms with Gasteiger partial charge in [0, 0.05) is 11.7 Å². The molecule has 0 unspecified atom stereocenters. The smallest absolute Gasteiger partial charge is 0.169 e. The first-order valence-electron chi connectivity index (χ1n) is 6.15. The molecule has 0 spiro atoms. The number of anilines is 1. The molecule has 0 radical (unpaired) electrons. The summed E-state index contributed by atoms with van der Waals surface area (Å²) >= 11 is 0. The Morgan fingerprint density at radius 2 is 2.25 bits per heavy atom. The molecular formula is C13H20N2O. The van der Waals surface area contributed by atoms with Gasteiger partial charge in [-0.3, -0.25) is 0 Å². The summed E-state index contributed by atoms with van der Waals surface area (Å²) in [6.07, 6.45) is 6.76. The van der Waals surface area contributed by atoms with E-state index in [1.165, 1.54) is 19.3 Å². The molecule has 1 N–H and O–H groups in total. The molecule has 0 aliphatic heterocycles. The maximum absolute atomic E-state index is 5.57. The van der Waals surface area contributed by atoms with Gasteiger partial charge in [-0.05, 0) is 44.7 Å². The lowest BCUT2D eigenvalue weighted by molar-refractivity contribution is 0.266. The monoisotopic (exact) mass is 220 g/mol. The van der Waals surface area contributed by atoms with E-state index in [9.17, 15) is 0 Å². The number of hydrogen-bond donors (Lipinski definition) is 1. The average molecular weight is 220 g/mol. The molecule has 0 saturated heterocycles. The summed E-state index contributed by atoms with van der Waals surface area (Å²) < 4.78 is 5.57. The van der Waals surface area contributed by atoms with Crippen LogP contribution in [-0.2, 0) is 0 Å². The highest BCUT2D eigenvalue weighted by Gasteiger charge is 2.35. The number of rotatable bonds is 5. The van der Waals surface area contributed by atoms with Crippen molar-refractivity contribution in [3.63, 3.8) is 0 Å². The number of hydrogen-bond acceptors (Lipinski definition) is 3. The van der Waals surface area contributed by atoms with Gasteiger partial charge >= 0.3 is 0 Å². The molecule has 0 bridgehead atoms. The van der Waals surface area contributed by atoms with E-state index in [-0.39, 0.29) is 5.54 Å². The van der Waals surface area contributed by atoms with E-state index < -0.39 is 0 Å². The summed E-state index contributed by atoms with van der Waals surface area (Å²) in [7, 11) is 0. The number of nitrogens with zero attached hydrogens (tertiary/aromatic N) is 1. The van der Waals surface area contributed by atoms with E-state index in [0.717, 1.165) is 18.0 Å². The SMILES string of the molecule is CCOc1cccnc1NC1(CC)CCC1. The molecule has 0 atom stereocenters. The van der Waals surface area contributed by atoms with Crippen molar-refractivity contribution in [3.8, 4) is 5.75 Å². The molecule has 1 aromatic heterocycles. The molecule has 88 valence electrons. The number of nitrogens with one attached hydrogen (secondary N) is 1. The molecule has 1 saturated carbocycles. The third-order valence-electron chi connectivity index (χ3n) is 3.44. The number of ether oxygens (including phenoxy) is 1. The van der Waals surface area contributed by atoms with Crippen LogP contribution in [0.1, 0.15) is 39.5 Å². The topological polar surface area (TPSA) is 34.1 Å². The average Bonchev–Trinajstić information content (AvgIpc) is 2.26. The molecule has 1 aromatic rings. The van der Waals surface area contributed by atoms with Crippen LogP contribution in [-0.4, -0.2) is 17.1 Å². The minimum absolute atomic E-state index is 0.264. The van der Waals surface area contributed by atoms with Gasteiger partial charge in [0.2, 0.25) is 0 Å². The molecule has 1 aliphatic rings. The van der Waals surface area contributed by atoms with Gasteiger partial charge in [-0.2, -0.15) is 0 Å². The molecule has 3 heteroatoms. The van der Waals surface area contributed by atoms with Gasteiger partial charge in [0.15, 0.2) is 11.6 Å². The Morgan fingerprint density at radius 1 is 1.44 bits per heavy atom. The second kappa shape index (κ2) is 4.73. The Labute approximate surface area is 97.2 Å². The lowest BCUT2D eigenvalue weighted by Gasteiger charge is -2.42. The minimum Gasteiger partial charge on any atom is -0.490 e. The van der Waals surface area contributed by atoms with Crippen LogP contribution in [0.5, 0.6) is 5.75 Å². The summed E-state index contributed by atoms with van der Waals surface area (Å²) in [6, 6.07) is 3.89. The fourth-order valence-electron chi connectivity index (χ4n) is 2.18. The van der Waals surface area contributed by atoms with Gasteiger partial charge in [0.1, 0.15) is 0 Å². The van der Waals surface area contributed by atoms with Crippen molar-refractivity contribution in [1.29, 1.82) is 0 Å². The van der Waals surface area contributed by atoms with Gasteiger partial charge in [0.05, 0.1) is 6.61 Å². The highest BCUT2D eigenvalue weighted by Crippen LogP contribution is 2.39.